The van der Waals surface area contributed by atoms with Crippen LogP contribution in [0.2, 0.25) is 0 Å². The summed E-state index contributed by atoms with van der Waals surface area (Å²) in [5.74, 6) is 2.85. The van der Waals surface area contributed by atoms with Crippen molar-refractivity contribution in [2.75, 3.05) is 44.0 Å². The smallest absolute Gasteiger partial charge is 0.135 e. The molecule has 114 valence electrons. The molecule has 6 heteroatoms. The monoisotopic (exact) mass is 282 g/mol. The summed E-state index contributed by atoms with van der Waals surface area (Å²) in [5, 5.41) is 15.0. The Kier molecular flexibility index (Phi) is 7.25. The summed E-state index contributed by atoms with van der Waals surface area (Å²) in [6, 6.07) is 0. The van der Waals surface area contributed by atoms with Crippen LogP contribution in [-0.4, -0.2) is 48.5 Å². The van der Waals surface area contributed by atoms with Gasteiger partial charge in [0.2, 0.25) is 0 Å². The molecule has 6 nitrogen and oxygen atoms in total. The zero-order valence-electron chi connectivity index (χ0n) is 12.9. The Balaban J connectivity index is 2.61. The zero-order chi connectivity index (χ0) is 15.0. The number of aliphatic hydroxyl groups excluding tert-OH is 1. The van der Waals surface area contributed by atoms with Crippen LogP contribution < -0.4 is 10.6 Å². The van der Waals surface area contributed by atoms with E-state index in [0.29, 0.717) is 13.2 Å². The first kappa shape index (κ1) is 16.7. The molecular formula is C14H26N4O2. The molecule has 0 unspecified atom stereocenters. The van der Waals surface area contributed by atoms with Crippen LogP contribution in [0.5, 0.6) is 0 Å². The maximum atomic E-state index is 8.61. The summed E-state index contributed by atoms with van der Waals surface area (Å²) >= 11 is 0. The predicted octanol–water partition coefficient (Wildman–Crippen LogP) is 1.76. The first-order chi connectivity index (χ1) is 9.60. The Morgan fingerprint density at radius 3 is 2.50 bits per heavy atom. The largest absolute Gasteiger partial charge is 0.394 e. The predicted molar refractivity (Wildman–Crippen MR) is 81.4 cm³/mol. The molecule has 0 aliphatic rings. The van der Waals surface area contributed by atoms with Crippen LogP contribution >= 0.6 is 0 Å². The first-order valence-corrected chi connectivity index (χ1v) is 7.08. The number of nitrogens with zero attached hydrogens (tertiary/aromatic N) is 2. The van der Waals surface area contributed by atoms with Gasteiger partial charge in [-0.15, -0.1) is 0 Å². The Labute approximate surface area is 121 Å². The average Bonchev–Trinajstić information content (AvgIpc) is 2.44. The highest BCUT2D eigenvalue weighted by molar-refractivity contribution is 5.57. The summed E-state index contributed by atoms with van der Waals surface area (Å²) in [6.07, 6.45) is 0.870. The van der Waals surface area contributed by atoms with E-state index in [4.69, 9.17) is 9.84 Å². The minimum Gasteiger partial charge on any atom is -0.394 e. The number of nitrogens with one attached hydrogen (secondary N) is 2. The molecule has 0 atom stereocenters. The molecule has 0 bridgehead atoms. The number of anilines is 2. The molecule has 3 N–H and O–H groups in total. The third kappa shape index (κ3) is 4.94. The fourth-order valence-electron chi connectivity index (χ4n) is 1.76. The molecule has 0 spiro atoms. The van der Waals surface area contributed by atoms with Crippen LogP contribution in [0.1, 0.15) is 37.6 Å². The standard InChI is InChI=1S/C14H26N4O2/c1-10(2)12-17-13(15-4)11(3)14(18-12)16-6-5-8-20-9-7-19/h10,19H,5-9H2,1-4H3,(H2,15,16,17,18). The molecule has 0 radical (unpaired) electrons. The van der Waals surface area contributed by atoms with Gasteiger partial charge in [0.05, 0.1) is 13.2 Å². The van der Waals surface area contributed by atoms with Crippen LogP contribution in [0, 0.1) is 6.92 Å². The van der Waals surface area contributed by atoms with Gasteiger partial charge in [-0.2, -0.15) is 0 Å². The van der Waals surface area contributed by atoms with Crippen molar-refractivity contribution in [3.63, 3.8) is 0 Å². The van der Waals surface area contributed by atoms with E-state index in [1.165, 1.54) is 0 Å². The van der Waals surface area contributed by atoms with Gasteiger partial charge in [-0.3, -0.25) is 0 Å². The minimum atomic E-state index is 0.0712. The molecule has 1 rings (SSSR count). The van der Waals surface area contributed by atoms with Gasteiger partial charge in [0.1, 0.15) is 17.5 Å². The minimum absolute atomic E-state index is 0.0712. The lowest BCUT2D eigenvalue weighted by molar-refractivity contribution is 0.0922. The van der Waals surface area contributed by atoms with Crippen molar-refractivity contribution in [3.8, 4) is 0 Å². The van der Waals surface area contributed by atoms with Crippen LogP contribution in [-0.2, 0) is 4.74 Å². The number of ether oxygens (including phenoxy) is 1. The summed E-state index contributed by atoms with van der Waals surface area (Å²) < 4.78 is 5.22. The van der Waals surface area contributed by atoms with Crippen molar-refractivity contribution in [3.05, 3.63) is 11.4 Å². The molecule has 0 saturated heterocycles. The second-order valence-corrected chi connectivity index (χ2v) is 4.93. The second-order valence-electron chi connectivity index (χ2n) is 4.93. The van der Waals surface area contributed by atoms with E-state index >= 15 is 0 Å². The number of rotatable bonds is 9. The van der Waals surface area contributed by atoms with Crippen LogP contribution in [0.4, 0.5) is 11.6 Å². The first-order valence-electron chi connectivity index (χ1n) is 7.08. The van der Waals surface area contributed by atoms with Crippen molar-refractivity contribution in [1.29, 1.82) is 0 Å². The number of aliphatic hydroxyl groups is 1. The summed E-state index contributed by atoms with van der Waals surface area (Å²) in [5.41, 5.74) is 1.02. The molecular weight excluding hydrogens is 256 g/mol. The third-order valence-electron chi connectivity index (χ3n) is 2.91. The molecule has 0 aliphatic carbocycles. The Morgan fingerprint density at radius 2 is 1.90 bits per heavy atom. The Bertz CT molecular complexity index is 410. The average molecular weight is 282 g/mol. The van der Waals surface area contributed by atoms with Gasteiger partial charge in [-0.1, -0.05) is 13.8 Å². The van der Waals surface area contributed by atoms with Crippen LogP contribution in [0.3, 0.4) is 0 Å². The van der Waals surface area contributed by atoms with E-state index in [2.05, 4.69) is 34.4 Å². The fourth-order valence-corrected chi connectivity index (χ4v) is 1.76. The summed E-state index contributed by atoms with van der Waals surface area (Å²) in [6.45, 7) is 8.04. The molecule has 0 aromatic carbocycles. The molecule has 0 amide bonds. The zero-order valence-corrected chi connectivity index (χ0v) is 12.9. The lowest BCUT2D eigenvalue weighted by Crippen LogP contribution is -2.13. The van der Waals surface area contributed by atoms with Crippen molar-refractivity contribution >= 4 is 11.6 Å². The molecule has 0 aliphatic heterocycles. The molecule has 1 aromatic heterocycles. The molecule has 0 saturated carbocycles. The fraction of sp³-hybridized carbons (Fsp3) is 0.714. The summed E-state index contributed by atoms with van der Waals surface area (Å²) in [7, 11) is 1.87. The van der Waals surface area contributed by atoms with Gasteiger partial charge in [0.25, 0.3) is 0 Å². The van der Waals surface area contributed by atoms with E-state index < -0.39 is 0 Å². The molecule has 20 heavy (non-hydrogen) atoms. The number of hydrogen-bond acceptors (Lipinski definition) is 6. The second kappa shape index (κ2) is 8.71. The molecule has 0 fully saturated rings. The SMILES string of the molecule is CNc1nc(C(C)C)nc(NCCCOCCO)c1C. The number of hydrogen-bond donors (Lipinski definition) is 3. The van der Waals surface area contributed by atoms with Gasteiger partial charge >= 0.3 is 0 Å². The maximum Gasteiger partial charge on any atom is 0.135 e. The number of aromatic nitrogens is 2. The lowest BCUT2D eigenvalue weighted by atomic mass is 10.2. The van der Waals surface area contributed by atoms with Gasteiger partial charge in [0.15, 0.2) is 0 Å². The summed E-state index contributed by atoms with van der Waals surface area (Å²) in [4.78, 5) is 9.08. The van der Waals surface area contributed by atoms with E-state index in [0.717, 1.165) is 36.0 Å². The van der Waals surface area contributed by atoms with E-state index in [1.54, 1.807) is 0 Å². The Hall–Kier alpha value is -1.40. The lowest BCUT2D eigenvalue weighted by Gasteiger charge is -2.15. The quantitative estimate of drug-likeness (QED) is 0.599. The van der Waals surface area contributed by atoms with E-state index in [-0.39, 0.29) is 12.5 Å². The highest BCUT2D eigenvalue weighted by atomic mass is 16.5. The van der Waals surface area contributed by atoms with Gasteiger partial charge < -0.3 is 20.5 Å². The highest BCUT2D eigenvalue weighted by Crippen LogP contribution is 2.22. The highest BCUT2D eigenvalue weighted by Gasteiger charge is 2.11. The van der Waals surface area contributed by atoms with Gasteiger partial charge in [0, 0.05) is 31.7 Å². The van der Waals surface area contributed by atoms with Crippen molar-refractivity contribution < 1.29 is 9.84 Å². The van der Waals surface area contributed by atoms with Crippen molar-refractivity contribution in [1.82, 2.24) is 9.97 Å². The van der Waals surface area contributed by atoms with E-state index in [1.807, 2.05) is 14.0 Å². The maximum absolute atomic E-state index is 8.61. The van der Waals surface area contributed by atoms with Crippen LogP contribution in [0.15, 0.2) is 0 Å². The van der Waals surface area contributed by atoms with E-state index in [9.17, 15) is 0 Å². The van der Waals surface area contributed by atoms with Crippen LogP contribution in [0.25, 0.3) is 0 Å². The van der Waals surface area contributed by atoms with Gasteiger partial charge in [-0.05, 0) is 13.3 Å². The molecule has 1 aromatic rings. The van der Waals surface area contributed by atoms with Crippen molar-refractivity contribution in [2.24, 2.45) is 0 Å². The topological polar surface area (TPSA) is 79.3 Å². The van der Waals surface area contributed by atoms with Gasteiger partial charge in [-0.25, -0.2) is 9.97 Å². The third-order valence-corrected chi connectivity index (χ3v) is 2.91. The Morgan fingerprint density at radius 1 is 1.20 bits per heavy atom. The van der Waals surface area contributed by atoms with Crippen molar-refractivity contribution in [2.45, 2.75) is 33.1 Å². The normalized spacial score (nSPS) is 10.9. The molecule has 1 heterocycles.